The molecule has 1 rings (SSSR count). The maximum absolute atomic E-state index is 11.7. The predicted molar refractivity (Wildman–Crippen MR) is 65.9 cm³/mol. The van der Waals surface area contributed by atoms with Crippen LogP contribution in [0.4, 0.5) is 0 Å². The lowest BCUT2D eigenvalue weighted by atomic mass is 9.99. The van der Waals surface area contributed by atoms with Gasteiger partial charge in [0.25, 0.3) is 5.91 Å². The highest BCUT2D eigenvalue weighted by molar-refractivity contribution is 5.93. The van der Waals surface area contributed by atoms with Gasteiger partial charge in [0.15, 0.2) is 0 Å². The van der Waals surface area contributed by atoms with Crippen molar-refractivity contribution in [2.75, 3.05) is 26.2 Å². The fourth-order valence-electron chi connectivity index (χ4n) is 2.12. The summed E-state index contributed by atoms with van der Waals surface area (Å²) >= 11 is 0. The summed E-state index contributed by atoms with van der Waals surface area (Å²) in [5.41, 5.74) is 0. The van der Waals surface area contributed by atoms with E-state index < -0.39 is 0 Å². The van der Waals surface area contributed by atoms with Crippen molar-refractivity contribution in [3.8, 4) is 11.8 Å². The van der Waals surface area contributed by atoms with E-state index in [1.54, 1.807) is 6.92 Å². The molecule has 1 aliphatic heterocycles. The number of nitrogens with one attached hydrogen (secondary N) is 1. The fraction of sp³-hybridized carbons (Fsp3) is 0.769. The summed E-state index contributed by atoms with van der Waals surface area (Å²) in [5, 5.41) is 3.38. The Kier molecular flexibility index (Phi) is 5.95. The Bertz CT molecular complexity index is 271. The quantitative estimate of drug-likeness (QED) is 0.726. The highest BCUT2D eigenvalue weighted by Gasteiger charge is 2.18. The van der Waals surface area contributed by atoms with Gasteiger partial charge in [0.05, 0.1) is 0 Å². The molecule has 1 saturated heterocycles. The van der Waals surface area contributed by atoms with Crippen LogP contribution in [0.5, 0.6) is 0 Å². The fourth-order valence-corrected chi connectivity index (χ4v) is 2.12. The lowest BCUT2D eigenvalue weighted by Crippen LogP contribution is -2.41. The Morgan fingerprint density at radius 3 is 2.94 bits per heavy atom. The SMILES string of the molecule is CC#CC(=O)N(CCC)CC1CCCNC1. The Morgan fingerprint density at radius 2 is 2.38 bits per heavy atom. The zero-order chi connectivity index (χ0) is 11.8. The van der Waals surface area contributed by atoms with Crippen LogP contribution in [-0.2, 0) is 4.79 Å². The van der Waals surface area contributed by atoms with Gasteiger partial charge in [-0.3, -0.25) is 4.79 Å². The second-order valence-electron chi connectivity index (χ2n) is 4.34. The summed E-state index contributed by atoms with van der Waals surface area (Å²) in [4.78, 5) is 13.6. The molecule has 1 heterocycles. The number of rotatable bonds is 4. The molecule has 1 amide bonds. The lowest BCUT2D eigenvalue weighted by molar-refractivity contribution is -0.125. The summed E-state index contributed by atoms with van der Waals surface area (Å²) in [5.74, 6) is 5.90. The van der Waals surface area contributed by atoms with Crippen molar-refractivity contribution in [1.29, 1.82) is 0 Å². The summed E-state index contributed by atoms with van der Waals surface area (Å²) in [7, 11) is 0. The standard InChI is InChI=1S/C13H22N2O/c1-3-6-13(16)15(9-4-2)11-12-7-5-8-14-10-12/h12,14H,4-5,7-11H2,1-2H3. The van der Waals surface area contributed by atoms with Crippen molar-refractivity contribution < 1.29 is 4.79 Å². The average Bonchev–Trinajstić information content (AvgIpc) is 2.30. The van der Waals surface area contributed by atoms with Crippen LogP contribution in [0, 0.1) is 17.8 Å². The minimum atomic E-state index is -0.0186. The molecular weight excluding hydrogens is 200 g/mol. The smallest absolute Gasteiger partial charge is 0.298 e. The van der Waals surface area contributed by atoms with Crippen LogP contribution in [0.2, 0.25) is 0 Å². The number of hydrogen-bond acceptors (Lipinski definition) is 2. The molecule has 0 radical (unpaired) electrons. The third-order valence-electron chi connectivity index (χ3n) is 2.89. The van der Waals surface area contributed by atoms with Gasteiger partial charge in [-0.15, -0.1) is 0 Å². The van der Waals surface area contributed by atoms with Gasteiger partial charge < -0.3 is 10.2 Å². The van der Waals surface area contributed by atoms with Gasteiger partial charge in [0.1, 0.15) is 0 Å². The normalized spacial score (nSPS) is 19.8. The topological polar surface area (TPSA) is 32.3 Å². The number of amides is 1. The molecule has 0 aromatic carbocycles. The highest BCUT2D eigenvalue weighted by atomic mass is 16.2. The first-order valence-electron chi connectivity index (χ1n) is 6.20. The van der Waals surface area contributed by atoms with E-state index in [0.717, 1.165) is 32.6 Å². The van der Waals surface area contributed by atoms with Crippen molar-refractivity contribution in [3.63, 3.8) is 0 Å². The minimum absolute atomic E-state index is 0.0186. The second-order valence-corrected chi connectivity index (χ2v) is 4.34. The van der Waals surface area contributed by atoms with Crippen molar-refractivity contribution in [2.24, 2.45) is 5.92 Å². The van der Waals surface area contributed by atoms with E-state index in [9.17, 15) is 4.79 Å². The van der Waals surface area contributed by atoms with E-state index in [4.69, 9.17) is 0 Å². The molecule has 1 fully saturated rings. The van der Waals surface area contributed by atoms with Gasteiger partial charge in [-0.2, -0.15) is 0 Å². The minimum Gasteiger partial charge on any atom is -0.332 e. The molecule has 0 saturated carbocycles. The Hall–Kier alpha value is -1.01. The molecule has 0 bridgehead atoms. The molecule has 0 aromatic heterocycles. The van der Waals surface area contributed by atoms with Gasteiger partial charge in [0.2, 0.25) is 0 Å². The van der Waals surface area contributed by atoms with E-state index in [2.05, 4.69) is 24.1 Å². The first-order chi connectivity index (χ1) is 7.77. The van der Waals surface area contributed by atoms with Crippen LogP contribution in [0.3, 0.4) is 0 Å². The van der Waals surface area contributed by atoms with Crippen LogP contribution in [-0.4, -0.2) is 37.0 Å². The number of carbonyl (C=O) groups excluding carboxylic acids is 1. The highest BCUT2D eigenvalue weighted by Crippen LogP contribution is 2.12. The van der Waals surface area contributed by atoms with E-state index in [-0.39, 0.29) is 5.91 Å². The zero-order valence-electron chi connectivity index (χ0n) is 10.4. The van der Waals surface area contributed by atoms with Crippen LogP contribution in [0.15, 0.2) is 0 Å². The van der Waals surface area contributed by atoms with E-state index in [1.807, 2.05) is 4.90 Å². The molecule has 0 spiro atoms. The Balaban J connectivity index is 2.47. The Morgan fingerprint density at radius 1 is 1.56 bits per heavy atom. The van der Waals surface area contributed by atoms with Crippen molar-refractivity contribution in [2.45, 2.75) is 33.1 Å². The largest absolute Gasteiger partial charge is 0.332 e. The maximum atomic E-state index is 11.7. The third kappa shape index (κ3) is 4.24. The maximum Gasteiger partial charge on any atom is 0.298 e. The molecular formula is C13H22N2O. The second kappa shape index (κ2) is 7.29. The van der Waals surface area contributed by atoms with Crippen LogP contribution in [0.25, 0.3) is 0 Å². The average molecular weight is 222 g/mol. The molecule has 1 aliphatic rings. The third-order valence-corrected chi connectivity index (χ3v) is 2.89. The van der Waals surface area contributed by atoms with Crippen LogP contribution >= 0.6 is 0 Å². The molecule has 0 aromatic rings. The Labute approximate surface area is 98.6 Å². The molecule has 3 heteroatoms. The summed E-state index contributed by atoms with van der Waals surface area (Å²) in [6, 6.07) is 0. The first-order valence-corrected chi connectivity index (χ1v) is 6.20. The molecule has 1 N–H and O–H groups in total. The van der Waals surface area contributed by atoms with Gasteiger partial charge in [-0.05, 0) is 51.1 Å². The number of hydrogen-bond donors (Lipinski definition) is 1. The number of carbonyl (C=O) groups is 1. The van der Waals surface area contributed by atoms with Gasteiger partial charge in [-0.1, -0.05) is 12.8 Å². The van der Waals surface area contributed by atoms with Crippen LogP contribution < -0.4 is 5.32 Å². The summed E-state index contributed by atoms with van der Waals surface area (Å²) in [6.45, 7) is 7.64. The molecule has 16 heavy (non-hydrogen) atoms. The van der Waals surface area contributed by atoms with Crippen molar-refractivity contribution in [1.82, 2.24) is 10.2 Å². The van der Waals surface area contributed by atoms with Crippen molar-refractivity contribution >= 4 is 5.91 Å². The van der Waals surface area contributed by atoms with Gasteiger partial charge in [-0.25, -0.2) is 0 Å². The summed E-state index contributed by atoms with van der Waals surface area (Å²) in [6.07, 6.45) is 3.44. The predicted octanol–water partition coefficient (Wildman–Crippen LogP) is 1.25. The van der Waals surface area contributed by atoms with E-state index >= 15 is 0 Å². The number of piperidine rings is 1. The molecule has 3 nitrogen and oxygen atoms in total. The van der Waals surface area contributed by atoms with Gasteiger partial charge >= 0.3 is 0 Å². The van der Waals surface area contributed by atoms with E-state index in [0.29, 0.717) is 5.92 Å². The monoisotopic (exact) mass is 222 g/mol. The number of nitrogens with zero attached hydrogens (tertiary/aromatic N) is 1. The van der Waals surface area contributed by atoms with Gasteiger partial charge in [0, 0.05) is 13.1 Å². The molecule has 90 valence electrons. The van der Waals surface area contributed by atoms with Crippen LogP contribution in [0.1, 0.15) is 33.1 Å². The summed E-state index contributed by atoms with van der Waals surface area (Å²) < 4.78 is 0. The van der Waals surface area contributed by atoms with E-state index in [1.165, 1.54) is 12.8 Å². The zero-order valence-corrected chi connectivity index (χ0v) is 10.4. The molecule has 1 atom stereocenters. The first kappa shape index (κ1) is 13.1. The molecule has 1 unspecified atom stereocenters. The van der Waals surface area contributed by atoms with Crippen molar-refractivity contribution in [3.05, 3.63) is 0 Å². The molecule has 0 aliphatic carbocycles. The lowest BCUT2D eigenvalue weighted by Gasteiger charge is -2.28.